The summed E-state index contributed by atoms with van der Waals surface area (Å²) in [6, 6.07) is 14.0. The van der Waals surface area contributed by atoms with Gasteiger partial charge in [-0.05, 0) is 36.8 Å². The number of rotatable bonds is 5. The second kappa shape index (κ2) is 7.56. The van der Waals surface area contributed by atoms with Crippen molar-refractivity contribution in [2.24, 2.45) is 10.7 Å². The van der Waals surface area contributed by atoms with Crippen molar-refractivity contribution in [2.75, 3.05) is 19.0 Å². The van der Waals surface area contributed by atoms with Crippen LogP contribution < -0.4 is 11.1 Å². The van der Waals surface area contributed by atoms with Crippen LogP contribution in [0.4, 0.5) is 10.1 Å². The Labute approximate surface area is 129 Å². The van der Waals surface area contributed by atoms with Crippen LogP contribution in [0.2, 0.25) is 0 Å². The number of methoxy groups -OCH3 is 1. The lowest BCUT2D eigenvalue weighted by Crippen LogP contribution is -2.23. The lowest BCUT2D eigenvalue weighted by atomic mass is 10.1. The number of benzene rings is 2. The van der Waals surface area contributed by atoms with E-state index in [0.717, 1.165) is 11.3 Å². The fourth-order valence-electron chi connectivity index (χ4n) is 2.00. The number of aliphatic imine (C=N–C) groups is 1. The molecule has 0 heterocycles. The van der Waals surface area contributed by atoms with Crippen molar-refractivity contribution in [3.8, 4) is 0 Å². The van der Waals surface area contributed by atoms with Crippen LogP contribution in [-0.2, 0) is 4.74 Å². The Hall–Kier alpha value is -2.40. The van der Waals surface area contributed by atoms with Crippen LogP contribution in [0.1, 0.15) is 17.2 Å². The Morgan fingerprint density at radius 1 is 1.18 bits per heavy atom. The van der Waals surface area contributed by atoms with Gasteiger partial charge in [0.2, 0.25) is 0 Å². The van der Waals surface area contributed by atoms with Gasteiger partial charge in [-0.3, -0.25) is 4.99 Å². The Bertz CT molecular complexity index is 623. The topological polar surface area (TPSA) is 59.6 Å². The SMILES string of the molecule is COC(CN=C(N)Nc1ccc(C)cc1)c1ccc(F)cc1. The number of nitrogens with one attached hydrogen (secondary N) is 1. The van der Waals surface area contributed by atoms with Gasteiger partial charge in [0, 0.05) is 12.8 Å². The van der Waals surface area contributed by atoms with Crippen LogP contribution in [0.3, 0.4) is 0 Å². The van der Waals surface area contributed by atoms with Crippen molar-refractivity contribution < 1.29 is 9.13 Å². The van der Waals surface area contributed by atoms with E-state index in [1.54, 1.807) is 19.2 Å². The van der Waals surface area contributed by atoms with Gasteiger partial charge in [0.05, 0.1) is 6.54 Å². The van der Waals surface area contributed by atoms with Crippen LogP contribution in [0.25, 0.3) is 0 Å². The Kier molecular flexibility index (Phi) is 5.49. The fourth-order valence-corrected chi connectivity index (χ4v) is 2.00. The van der Waals surface area contributed by atoms with E-state index in [0.29, 0.717) is 12.5 Å². The van der Waals surface area contributed by atoms with Gasteiger partial charge < -0.3 is 15.8 Å². The fraction of sp³-hybridized carbons (Fsp3) is 0.235. The lowest BCUT2D eigenvalue weighted by Gasteiger charge is -2.14. The zero-order chi connectivity index (χ0) is 15.9. The van der Waals surface area contributed by atoms with E-state index < -0.39 is 0 Å². The predicted octanol–water partition coefficient (Wildman–Crippen LogP) is 3.25. The second-order valence-corrected chi connectivity index (χ2v) is 4.99. The number of nitrogens with two attached hydrogens (primary N) is 1. The molecule has 4 nitrogen and oxygen atoms in total. The summed E-state index contributed by atoms with van der Waals surface area (Å²) in [7, 11) is 1.59. The first kappa shape index (κ1) is 16.0. The van der Waals surface area contributed by atoms with Gasteiger partial charge in [-0.25, -0.2) is 4.39 Å². The third-order valence-electron chi connectivity index (χ3n) is 3.28. The van der Waals surface area contributed by atoms with Crippen molar-refractivity contribution in [1.29, 1.82) is 0 Å². The molecule has 116 valence electrons. The van der Waals surface area contributed by atoms with Crippen LogP contribution >= 0.6 is 0 Å². The summed E-state index contributed by atoms with van der Waals surface area (Å²) in [5, 5.41) is 3.02. The van der Waals surface area contributed by atoms with E-state index in [4.69, 9.17) is 10.5 Å². The number of nitrogens with zero attached hydrogens (tertiary/aromatic N) is 1. The lowest BCUT2D eigenvalue weighted by molar-refractivity contribution is 0.111. The van der Waals surface area contributed by atoms with Crippen LogP contribution in [0, 0.1) is 12.7 Å². The molecule has 0 spiro atoms. The van der Waals surface area contributed by atoms with E-state index >= 15 is 0 Å². The number of hydrogen-bond donors (Lipinski definition) is 2. The standard InChI is InChI=1S/C17H20FN3O/c1-12-3-9-15(10-4-12)21-17(19)20-11-16(22-2)13-5-7-14(18)8-6-13/h3-10,16H,11H2,1-2H3,(H3,19,20,21). The number of anilines is 1. The molecule has 0 fully saturated rings. The summed E-state index contributed by atoms with van der Waals surface area (Å²) < 4.78 is 18.3. The molecular weight excluding hydrogens is 281 g/mol. The average molecular weight is 301 g/mol. The van der Waals surface area contributed by atoms with Gasteiger partial charge in [-0.2, -0.15) is 0 Å². The molecule has 0 saturated heterocycles. The van der Waals surface area contributed by atoms with Crippen LogP contribution in [-0.4, -0.2) is 19.6 Å². The first-order chi connectivity index (χ1) is 10.6. The molecule has 2 aromatic carbocycles. The van der Waals surface area contributed by atoms with Crippen molar-refractivity contribution >= 4 is 11.6 Å². The van der Waals surface area contributed by atoms with E-state index in [1.807, 2.05) is 31.2 Å². The minimum absolute atomic E-state index is 0.265. The maximum absolute atomic E-state index is 12.9. The first-order valence-corrected chi connectivity index (χ1v) is 7.00. The molecule has 22 heavy (non-hydrogen) atoms. The summed E-state index contributed by atoms with van der Waals surface area (Å²) in [4.78, 5) is 4.28. The quantitative estimate of drug-likeness (QED) is 0.658. The molecule has 0 radical (unpaired) electrons. The molecule has 0 bridgehead atoms. The molecule has 0 saturated carbocycles. The number of guanidine groups is 1. The van der Waals surface area contributed by atoms with Crippen molar-refractivity contribution in [3.05, 3.63) is 65.5 Å². The zero-order valence-corrected chi connectivity index (χ0v) is 12.7. The molecule has 2 rings (SSSR count). The summed E-state index contributed by atoms with van der Waals surface area (Å²) in [5.74, 6) is 0.0377. The summed E-state index contributed by atoms with van der Waals surface area (Å²) in [5.41, 5.74) is 8.78. The highest BCUT2D eigenvalue weighted by atomic mass is 19.1. The highest BCUT2D eigenvalue weighted by molar-refractivity contribution is 5.92. The molecule has 5 heteroatoms. The first-order valence-electron chi connectivity index (χ1n) is 7.00. The molecule has 0 aliphatic heterocycles. The molecule has 1 atom stereocenters. The largest absolute Gasteiger partial charge is 0.375 e. The minimum Gasteiger partial charge on any atom is -0.375 e. The average Bonchev–Trinajstić information content (AvgIpc) is 2.52. The van der Waals surface area contributed by atoms with Gasteiger partial charge in [0.25, 0.3) is 0 Å². The number of hydrogen-bond acceptors (Lipinski definition) is 2. The predicted molar refractivity (Wildman–Crippen MR) is 87.4 cm³/mol. The van der Waals surface area contributed by atoms with Crippen molar-refractivity contribution in [3.63, 3.8) is 0 Å². The highest BCUT2D eigenvalue weighted by Gasteiger charge is 2.10. The Balaban J connectivity index is 1.98. The number of aryl methyl sites for hydroxylation is 1. The molecular formula is C17H20FN3O. The van der Waals surface area contributed by atoms with E-state index in [-0.39, 0.29) is 11.9 Å². The summed E-state index contributed by atoms with van der Waals surface area (Å²) >= 11 is 0. The molecule has 0 aliphatic rings. The Morgan fingerprint density at radius 3 is 2.41 bits per heavy atom. The monoisotopic (exact) mass is 301 g/mol. The Morgan fingerprint density at radius 2 is 1.82 bits per heavy atom. The van der Waals surface area contributed by atoms with Gasteiger partial charge in [0.1, 0.15) is 11.9 Å². The van der Waals surface area contributed by atoms with Crippen molar-refractivity contribution in [1.82, 2.24) is 0 Å². The summed E-state index contributed by atoms with van der Waals surface area (Å²) in [6.45, 7) is 2.37. The van der Waals surface area contributed by atoms with Gasteiger partial charge in [-0.1, -0.05) is 29.8 Å². The zero-order valence-electron chi connectivity index (χ0n) is 12.7. The van der Waals surface area contributed by atoms with Gasteiger partial charge in [-0.15, -0.1) is 0 Å². The smallest absolute Gasteiger partial charge is 0.193 e. The van der Waals surface area contributed by atoms with Gasteiger partial charge >= 0.3 is 0 Å². The van der Waals surface area contributed by atoms with Gasteiger partial charge in [0.15, 0.2) is 5.96 Å². The molecule has 0 aliphatic carbocycles. The molecule has 0 aromatic heterocycles. The van der Waals surface area contributed by atoms with Crippen LogP contribution in [0.5, 0.6) is 0 Å². The van der Waals surface area contributed by atoms with E-state index in [2.05, 4.69) is 10.3 Å². The number of ether oxygens (including phenoxy) is 1. The minimum atomic E-state index is -0.275. The van der Waals surface area contributed by atoms with E-state index in [9.17, 15) is 4.39 Å². The van der Waals surface area contributed by atoms with Crippen molar-refractivity contribution in [2.45, 2.75) is 13.0 Å². The molecule has 1 unspecified atom stereocenters. The summed E-state index contributed by atoms with van der Waals surface area (Å²) in [6.07, 6.45) is -0.265. The highest BCUT2D eigenvalue weighted by Crippen LogP contribution is 2.17. The second-order valence-electron chi connectivity index (χ2n) is 4.99. The normalized spacial score (nSPS) is 13.0. The molecule has 2 aromatic rings. The molecule has 3 N–H and O–H groups in total. The third-order valence-corrected chi connectivity index (χ3v) is 3.28. The molecule has 0 amide bonds. The number of halogens is 1. The maximum atomic E-state index is 12.9. The maximum Gasteiger partial charge on any atom is 0.193 e. The van der Waals surface area contributed by atoms with E-state index in [1.165, 1.54) is 17.7 Å². The third kappa shape index (κ3) is 4.56. The van der Waals surface area contributed by atoms with Crippen LogP contribution in [0.15, 0.2) is 53.5 Å².